The van der Waals surface area contributed by atoms with E-state index in [9.17, 15) is 0 Å². The van der Waals surface area contributed by atoms with Gasteiger partial charge in [0.1, 0.15) is 5.75 Å². The molecule has 0 heterocycles. The Hall–Kier alpha value is -1.06. The Morgan fingerprint density at radius 1 is 1.17 bits per heavy atom. The molecule has 1 aromatic rings. The first-order valence-electron chi connectivity index (χ1n) is 6.69. The lowest BCUT2D eigenvalue weighted by molar-refractivity contribution is 0.242. The SMILES string of the molecule is CC(CCO)CNCc1ccc(OC(C)C)cc1. The molecule has 18 heavy (non-hydrogen) atoms. The van der Waals surface area contributed by atoms with Crippen molar-refractivity contribution in [2.45, 2.75) is 39.8 Å². The van der Waals surface area contributed by atoms with Crippen molar-refractivity contribution < 1.29 is 9.84 Å². The van der Waals surface area contributed by atoms with Crippen molar-refractivity contribution in [2.24, 2.45) is 5.92 Å². The van der Waals surface area contributed by atoms with E-state index in [0.717, 1.165) is 25.3 Å². The quantitative estimate of drug-likeness (QED) is 0.746. The van der Waals surface area contributed by atoms with Crippen LogP contribution in [0.2, 0.25) is 0 Å². The van der Waals surface area contributed by atoms with E-state index < -0.39 is 0 Å². The summed E-state index contributed by atoms with van der Waals surface area (Å²) in [4.78, 5) is 0. The number of ether oxygens (including phenoxy) is 1. The lowest BCUT2D eigenvalue weighted by Gasteiger charge is -2.12. The van der Waals surface area contributed by atoms with Crippen LogP contribution in [0, 0.1) is 5.92 Å². The zero-order chi connectivity index (χ0) is 13.4. The summed E-state index contributed by atoms with van der Waals surface area (Å²) < 4.78 is 5.60. The Kier molecular flexibility index (Phi) is 6.76. The van der Waals surface area contributed by atoms with E-state index in [1.165, 1.54) is 5.56 Å². The Morgan fingerprint density at radius 2 is 1.83 bits per heavy atom. The molecule has 1 unspecified atom stereocenters. The van der Waals surface area contributed by atoms with E-state index in [1.54, 1.807) is 0 Å². The molecule has 3 heteroatoms. The summed E-state index contributed by atoms with van der Waals surface area (Å²) in [6.45, 7) is 8.26. The molecule has 0 aliphatic heterocycles. The minimum Gasteiger partial charge on any atom is -0.491 e. The first kappa shape index (κ1) is 15.0. The fourth-order valence-corrected chi connectivity index (χ4v) is 1.74. The largest absolute Gasteiger partial charge is 0.491 e. The molecule has 0 aliphatic carbocycles. The summed E-state index contributed by atoms with van der Waals surface area (Å²) in [6.07, 6.45) is 1.07. The van der Waals surface area contributed by atoms with Crippen LogP contribution in [0.3, 0.4) is 0 Å². The van der Waals surface area contributed by atoms with Crippen LogP contribution in [0.15, 0.2) is 24.3 Å². The zero-order valence-corrected chi connectivity index (χ0v) is 11.6. The fourth-order valence-electron chi connectivity index (χ4n) is 1.74. The minimum absolute atomic E-state index is 0.216. The van der Waals surface area contributed by atoms with Crippen LogP contribution in [0.4, 0.5) is 0 Å². The van der Waals surface area contributed by atoms with Crippen LogP contribution in [0.25, 0.3) is 0 Å². The monoisotopic (exact) mass is 251 g/mol. The molecule has 1 atom stereocenters. The molecule has 3 nitrogen and oxygen atoms in total. The molecule has 2 N–H and O–H groups in total. The highest BCUT2D eigenvalue weighted by Gasteiger charge is 2.01. The zero-order valence-electron chi connectivity index (χ0n) is 11.6. The van der Waals surface area contributed by atoms with Crippen LogP contribution in [-0.4, -0.2) is 24.4 Å². The van der Waals surface area contributed by atoms with Crippen molar-refractivity contribution in [1.29, 1.82) is 0 Å². The van der Waals surface area contributed by atoms with Crippen molar-refractivity contribution >= 4 is 0 Å². The molecule has 1 aromatic carbocycles. The van der Waals surface area contributed by atoms with Gasteiger partial charge in [0, 0.05) is 13.2 Å². The van der Waals surface area contributed by atoms with Crippen molar-refractivity contribution in [1.82, 2.24) is 5.32 Å². The molecular formula is C15H25NO2. The van der Waals surface area contributed by atoms with Crippen LogP contribution in [0.5, 0.6) is 5.75 Å². The minimum atomic E-state index is 0.216. The molecule has 0 bridgehead atoms. The maximum absolute atomic E-state index is 8.81. The molecule has 0 saturated carbocycles. The normalized spacial score (nSPS) is 12.7. The molecule has 0 spiro atoms. The molecule has 0 radical (unpaired) electrons. The highest BCUT2D eigenvalue weighted by Crippen LogP contribution is 2.13. The number of rotatable bonds is 8. The van der Waals surface area contributed by atoms with Crippen molar-refractivity contribution in [3.63, 3.8) is 0 Å². The third-order valence-corrected chi connectivity index (χ3v) is 2.74. The maximum Gasteiger partial charge on any atom is 0.119 e. The van der Waals surface area contributed by atoms with Gasteiger partial charge in [0.15, 0.2) is 0 Å². The second-order valence-corrected chi connectivity index (χ2v) is 5.06. The van der Waals surface area contributed by atoms with Gasteiger partial charge in [-0.2, -0.15) is 0 Å². The lowest BCUT2D eigenvalue weighted by atomic mass is 10.1. The molecular weight excluding hydrogens is 226 g/mol. The number of benzene rings is 1. The third kappa shape index (κ3) is 6.03. The summed E-state index contributed by atoms with van der Waals surface area (Å²) in [5, 5.41) is 12.2. The Labute approximate surface area is 110 Å². The van der Waals surface area contributed by atoms with Gasteiger partial charge in [-0.3, -0.25) is 0 Å². The van der Waals surface area contributed by atoms with Gasteiger partial charge < -0.3 is 15.2 Å². The second-order valence-electron chi connectivity index (χ2n) is 5.06. The van der Waals surface area contributed by atoms with Crippen LogP contribution < -0.4 is 10.1 Å². The van der Waals surface area contributed by atoms with E-state index in [4.69, 9.17) is 9.84 Å². The number of aliphatic hydroxyl groups excluding tert-OH is 1. The predicted octanol–water partition coefficient (Wildman–Crippen LogP) is 2.58. The van der Waals surface area contributed by atoms with Gasteiger partial charge in [-0.05, 0) is 50.4 Å². The van der Waals surface area contributed by atoms with E-state index in [-0.39, 0.29) is 12.7 Å². The fraction of sp³-hybridized carbons (Fsp3) is 0.600. The molecule has 0 aromatic heterocycles. The van der Waals surface area contributed by atoms with E-state index in [2.05, 4.69) is 24.4 Å². The number of aliphatic hydroxyl groups is 1. The van der Waals surface area contributed by atoms with E-state index >= 15 is 0 Å². The molecule has 1 rings (SSSR count). The van der Waals surface area contributed by atoms with E-state index in [0.29, 0.717) is 5.92 Å². The molecule has 0 aliphatic rings. The molecule has 0 amide bonds. The van der Waals surface area contributed by atoms with Gasteiger partial charge >= 0.3 is 0 Å². The maximum atomic E-state index is 8.81. The van der Waals surface area contributed by atoms with Gasteiger partial charge in [-0.1, -0.05) is 19.1 Å². The summed E-state index contributed by atoms with van der Waals surface area (Å²) in [7, 11) is 0. The number of hydrogen-bond donors (Lipinski definition) is 2. The Balaban J connectivity index is 2.30. The summed E-state index contributed by atoms with van der Waals surface area (Å²) in [5.41, 5.74) is 1.25. The van der Waals surface area contributed by atoms with Crippen molar-refractivity contribution in [3.8, 4) is 5.75 Å². The third-order valence-electron chi connectivity index (χ3n) is 2.74. The lowest BCUT2D eigenvalue weighted by Crippen LogP contribution is -2.21. The smallest absolute Gasteiger partial charge is 0.119 e. The van der Waals surface area contributed by atoms with Crippen molar-refractivity contribution in [2.75, 3.05) is 13.2 Å². The van der Waals surface area contributed by atoms with Gasteiger partial charge in [0.2, 0.25) is 0 Å². The first-order chi connectivity index (χ1) is 8.61. The van der Waals surface area contributed by atoms with Crippen LogP contribution in [0.1, 0.15) is 32.8 Å². The van der Waals surface area contributed by atoms with Crippen LogP contribution >= 0.6 is 0 Å². The van der Waals surface area contributed by atoms with E-state index in [1.807, 2.05) is 26.0 Å². The first-order valence-corrected chi connectivity index (χ1v) is 6.69. The summed E-state index contributed by atoms with van der Waals surface area (Å²) in [6, 6.07) is 8.19. The summed E-state index contributed by atoms with van der Waals surface area (Å²) >= 11 is 0. The topological polar surface area (TPSA) is 41.5 Å². The van der Waals surface area contributed by atoms with Gasteiger partial charge in [-0.25, -0.2) is 0 Å². The van der Waals surface area contributed by atoms with Crippen molar-refractivity contribution in [3.05, 3.63) is 29.8 Å². The highest BCUT2D eigenvalue weighted by molar-refractivity contribution is 5.27. The van der Waals surface area contributed by atoms with Crippen LogP contribution in [-0.2, 0) is 6.54 Å². The molecule has 0 fully saturated rings. The standard InChI is InChI=1S/C15H25NO2/c1-12(2)18-15-6-4-14(5-7-15)11-16-10-13(3)8-9-17/h4-7,12-13,16-17H,8-11H2,1-3H3. The average Bonchev–Trinajstić information content (AvgIpc) is 2.31. The number of nitrogens with one attached hydrogen (secondary N) is 1. The Morgan fingerprint density at radius 3 is 2.39 bits per heavy atom. The Bertz CT molecular complexity index is 322. The number of hydrogen-bond acceptors (Lipinski definition) is 3. The highest BCUT2D eigenvalue weighted by atomic mass is 16.5. The summed E-state index contributed by atoms with van der Waals surface area (Å²) in [5.74, 6) is 1.43. The van der Waals surface area contributed by atoms with Gasteiger partial charge in [-0.15, -0.1) is 0 Å². The second kappa shape index (κ2) is 8.11. The molecule has 102 valence electrons. The molecule has 0 saturated heterocycles. The average molecular weight is 251 g/mol. The van der Waals surface area contributed by atoms with Gasteiger partial charge in [0.25, 0.3) is 0 Å². The van der Waals surface area contributed by atoms with Gasteiger partial charge in [0.05, 0.1) is 6.10 Å². The predicted molar refractivity (Wildman–Crippen MR) is 74.8 cm³/mol.